The maximum atomic E-state index is 12.0. The Kier molecular flexibility index (Phi) is 3.92. The van der Waals surface area contributed by atoms with Crippen LogP contribution in [0.15, 0.2) is 60.7 Å². The number of carbonyl (C=O) groups is 1. The van der Waals surface area contributed by atoms with Crippen LogP contribution in [0, 0.1) is 5.92 Å². The monoisotopic (exact) mass is 278 g/mol. The molecule has 2 aromatic rings. The molecule has 1 unspecified atom stereocenters. The summed E-state index contributed by atoms with van der Waals surface area (Å²) in [6.45, 7) is 2.21. The van der Waals surface area contributed by atoms with E-state index in [1.165, 1.54) is 11.1 Å². The summed E-state index contributed by atoms with van der Waals surface area (Å²) < 4.78 is 0. The number of ketones is 1. The van der Waals surface area contributed by atoms with Crippen LogP contribution in [0.4, 0.5) is 0 Å². The Hall–Kier alpha value is -1.89. The van der Waals surface area contributed by atoms with E-state index >= 15 is 0 Å². The zero-order valence-electron chi connectivity index (χ0n) is 12.6. The van der Waals surface area contributed by atoms with Crippen molar-refractivity contribution in [3.63, 3.8) is 0 Å². The number of hydrogen-bond acceptors (Lipinski definition) is 1. The van der Waals surface area contributed by atoms with E-state index < -0.39 is 0 Å². The summed E-state index contributed by atoms with van der Waals surface area (Å²) in [5, 5.41) is 0. The molecule has 1 nitrogen and oxygen atoms in total. The molecule has 2 aromatic carbocycles. The molecule has 0 aromatic heterocycles. The summed E-state index contributed by atoms with van der Waals surface area (Å²) in [5.41, 5.74) is 2.71. The minimum Gasteiger partial charge on any atom is -0.300 e. The third-order valence-corrected chi connectivity index (χ3v) is 5.04. The molecule has 1 aliphatic rings. The summed E-state index contributed by atoms with van der Waals surface area (Å²) in [6, 6.07) is 21.5. The van der Waals surface area contributed by atoms with Crippen molar-refractivity contribution in [3.8, 4) is 0 Å². The topological polar surface area (TPSA) is 17.1 Å². The molecule has 21 heavy (non-hydrogen) atoms. The van der Waals surface area contributed by atoms with Crippen LogP contribution in [0.2, 0.25) is 0 Å². The predicted octanol–water partition coefficient (Wildman–Crippen LogP) is 4.75. The Labute approximate surface area is 127 Å². The van der Waals surface area contributed by atoms with Gasteiger partial charge in [-0.05, 0) is 23.5 Å². The van der Waals surface area contributed by atoms with Crippen molar-refractivity contribution in [1.82, 2.24) is 0 Å². The molecule has 0 heterocycles. The molecule has 3 rings (SSSR count). The fraction of sp³-hybridized carbons (Fsp3) is 0.350. The predicted molar refractivity (Wildman–Crippen MR) is 86.3 cm³/mol. The normalized spacial score (nSPS) is 21.2. The highest BCUT2D eigenvalue weighted by molar-refractivity contribution is 5.80. The van der Waals surface area contributed by atoms with Gasteiger partial charge in [-0.2, -0.15) is 0 Å². The van der Waals surface area contributed by atoms with Crippen LogP contribution in [0.5, 0.6) is 0 Å². The average molecular weight is 278 g/mol. The highest BCUT2D eigenvalue weighted by atomic mass is 16.1. The van der Waals surface area contributed by atoms with Crippen molar-refractivity contribution in [2.45, 2.75) is 38.0 Å². The maximum absolute atomic E-state index is 12.0. The molecule has 0 N–H and O–H groups in total. The number of hydrogen-bond donors (Lipinski definition) is 0. The van der Waals surface area contributed by atoms with Crippen LogP contribution in [-0.2, 0) is 10.2 Å². The molecule has 0 bridgehead atoms. The Morgan fingerprint density at radius 2 is 1.48 bits per heavy atom. The van der Waals surface area contributed by atoms with Gasteiger partial charge in [-0.1, -0.05) is 74.0 Å². The summed E-state index contributed by atoms with van der Waals surface area (Å²) in [6.07, 6.45) is 3.37. The van der Waals surface area contributed by atoms with Gasteiger partial charge in [0.25, 0.3) is 0 Å². The van der Waals surface area contributed by atoms with Crippen molar-refractivity contribution in [1.29, 1.82) is 0 Å². The molecule has 0 amide bonds. The van der Waals surface area contributed by atoms with Gasteiger partial charge in [0.1, 0.15) is 5.78 Å². The van der Waals surface area contributed by atoms with Crippen molar-refractivity contribution in [2.24, 2.45) is 5.92 Å². The molecule has 0 spiro atoms. The number of benzene rings is 2. The third-order valence-electron chi connectivity index (χ3n) is 5.04. The van der Waals surface area contributed by atoms with E-state index in [0.717, 1.165) is 12.8 Å². The van der Waals surface area contributed by atoms with Crippen LogP contribution in [0.3, 0.4) is 0 Å². The molecule has 1 fully saturated rings. The first-order valence-corrected chi connectivity index (χ1v) is 7.90. The van der Waals surface area contributed by atoms with Gasteiger partial charge in [-0.25, -0.2) is 0 Å². The highest BCUT2D eigenvalue weighted by Gasteiger charge is 2.44. The minimum atomic E-state index is -0.00875. The van der Waals surface area contributed by atoms with Crippen molar-refractivity contribution < 1.29 is 4.79 Å². The van der Waals surface area contributed by atoms with Gasteiger partial charge >= 0.3 is 0 Å². The van der Waals surface area contributed by atoms with Crippen LogP contribution >= 0.6 is 0 Å². The zero-order valence-corrected chi connectivity index (χ0v) is 12.6. The van der Waals surface area contributed by atoms with E-state index in [9.17, 15) is 4.79 Å². The molecule has 0 aliphatic heterocycles. The van der Waals surface area contributed by atoms with E-state index in [-0.39, 0.29) is 5.41 Å². The molecule has 1 saturated carbocycles. The summed E-state index contributed by atoms with van der Waals surface area (Å²) in [7, 11) is 0. The smallest absolute Gasteiger partial charge is 0.133 e. The summed E-state index contributed by atoms with van der Waals surface area (Å²) in [4.78, 5) is 12.0. The van der Waals surface area contributed by atoms with Crippen LogP contribution in [0.1, 0.15) is 43.7 Å². The third kappa shape index (κ3) is 2.42. The molecular weight excluding hydrogens is 256 g/mol. The molecule has 1 atom stereocenters. The fourth-order valence-corrected chi connectivity index (χ4v) is 3.98. The first-order valence-electron chi connectivity index (χ1n) is 7.90. The zero-order chi connectivity index (χ0) is 14.7. The lowest BCUT2D eigenvalue weighted by atomic mass is 9.58. The quantitative estimate of drug-likeness (QED) is 0.791. The van der Waals surface area contributed by atoms with E-state index in [4.69, 9.17) is 0 Å². The SMILES string of the molecule is CCC1CC(=O)CCC1(c1ccccc1)c1ccccc1. The Morgan fingerprint density at radius 3 is 1.95 bits per heavy atom. The van der Waals surface area contributed by atoms with E-state index in [1.54, 1.807) is 0 Å². The van der Waals surface area contributed by atoms with Crippen molar-refractivity contribution >= 4 is 5.78 Å². The molecule has 1 heteroatoms. The lowest BCUT2D eigenvalue weighted by Gasteiger charge is -2.44. The van der Waals surface area contributed by atoms with Gasteiger partial charge in [0, 0.05) is 18.3 Å². The Balaban J connectivity index is 2.17. The molecular formula is C20H22O. The maximum Gasteiger partial charge on any atom is 0.133 e. The summed E-state index contributed by atoms with van der Waals surface area (Å²) >= 11 is 0. The Bertz CT molecular complexity index is 561. The standard InChI is InChI=1S/C20H22O/c1-2-16-15-19(21)13-14-20(16,17-9-5-3-6-10-17)18-11-7-4-8-12-18/h3-12,16H,2,13-15H2,1H3. The largest absolute Gasteiger partial charge is 0.300 e. The first kappa shape index (κ1) is 14.1. The minimum absolute atomic E-state index is 0.00875. The van der Waals surface area contributed by atoms with Gasteiger partial charge in [-0.3, -0.25) is 4.79 Å². The molecule has 1 aliphatic carbocycles. The van der Waals surface area contributed by atoms with Gasteiger partial charge in [0.15, 0.2) is 0 Å². The number of Topliss-reactive ketones (excluding diaryl/α,β-unsaturated/α-hetero) is 1. The second-order valence-corrected chi connectivity index (χ2v) is 6.05. The second-order valence-electron chi connectivity index (χ2n) is 6.05. The average Bonchev–Trinajstić information content (AvgIpc) is 2.56. The van der Waals surface area contributed by atoms with Crippen molar-refractivity contribution in [3.05, 3.63) is 71.8 Å². The Morgan fingerprint density at radius 1 is 0.952 bits per heavy atom. The van der Waals surface area contributed by atoms with E-state index in [2.05, 4.69) is 67.6 Å². The van der Waals surface area contributed by atoms with Gasteiger partial charge in [0.2, 0.25) is 0 Å². The van der Waals surface area contributed by atoms with Gasteiger partial charge < -0.3 is 0 Å². The lowest BCUT2D eigenvalue weighted by Crippen LogP contribution is -2.41. The molecule has 108 valence electrons. The van der Waals surface area contributed by atoms with Gasteiger partial charge in [0.05, 0.1) is 0 Å². The van der Waals surface area contributed by atoms with Crippen LogP contribution in [-0.4, -0.2) is 5.78 Å². The number of carbonyl (C=O) groups excluding carboxylic acids is 1. The fourth-order valence-electron chi connectivity index (χ4n) is 3.98. The van der Waals surface area contributed by atoms with E-state index in [0.29, 0.717) is 24.5 Å². The van der Waals surface area contributed by atoms with E-state index in [1.807, 2.05) is 0 Å². The van der Waals surface area contributed by atoms with Crippen LogP contribution in [0.25, 0.3) is 0 Å². The van der Waals surface area contributed by atoms with Gasteiger partial charge in [-0.15, -0.1) is 0 Å². The van der Waals surface area contributed by atoms with Crippen LogP contribution < -0.4 is 0 Å². The lowest BCUT2D eigenvalue weighted by molar-refractivity contribution is -0.122. The van der Waals surface area contributed by atoms with Crippen molar-refractivity contribution in [2.75, 3.05) is 0 Å². The first-order chi connectivity index (χ1) is 10.3. The molecule has 0 radical (unpaired) electrons. The molecule has 0 saturated heterocycles. The summed E-state index contributed by atoms with van der Waals surface area (Å²) in [5.74, 6) is 0.813. The highest BCUT2D eigenvalue weighted by Crippen LogP contribution is 2.48. The number of rotatable bonds is 3. The second kappa shape index (κ2) is 5.85.